The smallest absolute Gasteiger partial charge is 0.249 e. The van der Waals surface area contributed by atoms with E-state index in [1.54, 1.807) is 0 Å². The molecule has 0 aromatic rings. The van der Waals surface area contributed by atoms with Crippen molar-refractivity contribution in [3.05, 3.63) is 0 Å². The van der Waals surface area contributed by atoms with Crippen LogP contribution in [0.3, 0.4) is 0 Å². The molecule has 0 aromatic heterocycles. The summed E-state index contributed by atoms with van der Waals surface area (Å²) in [5, 5.41) is 2.98. The van der Waals surface area contributed by atoms with Crippen LogP contribution in [0.4, 0.5) is 0 Å². The minimum absolute atomic E-state index is 0.0903. The third-order valence-corrected chi connectivity index (χ3v) is 3.73. The number of rotatable bonds is 7. The number of carbonyl (C=O) groups excluding carboxylic acids is 1. The SMILES string of the molecule is CC(C)NC(=O)C(CC1CCC1)OCC1CC1. The molecule has 3 heteroatoms. The van der Waals surface area contributed by atoms with E-state index in [4.69, 9.17) is 4.74 Å². The Morgan fingerprint density at radius 3 is 2.41 bits per heavy atom. The van der Waals surface area contributed by atoms with Crippen molar-refractivity contribution in [2.45, 2.75) is 64.5 Å². The molecule has 0 heterocycles. The first-order valence-electron chi connectivity index (χ1n) is 7.07. The second kappa shape index (κ2) is 5.85. The maximum atomic E-state index is 12.0. The summed E-state index contributed by atoms with van der Waals surface area (Å²) in [4.78, 5) is 12.0. The molecule has 17 heavy (non-hydrogen) atoms. The highest BCUT2D eigenvalue weighted by Gasteiger charge is 2.30. The van der Waals surface area contributed by atoms with Gasteiger partial charge in [-0.2, -0.15) is 0 Å². The molecule has 0 saturated heterocycles. The lowest BCUT2D eigenvalue weighted by atomic mass is 9.81. The summed E-state index contributed by atoms with van der Waals surface area (Å²) in [6.07, 6.45) is 7.15. The molecule has 1 unspecified atom stereocenters. The van der Waals surface area contributed by atoms with Gasteiger partial charge in [0.2, 0.25) is 5.91 Å². The fourth-order valence-corrected chi connectivity index (χ4v) is 2.20. The van der Waals surface area contributed by atoms with Gasteiger partial charge in [0.25, 0.3) is 0 Å². The summed E-state index contributed by atoms with van der Waals surface area (Å²) in [6, 6.07) is 0.205. The van der Waals surface area contributed by atoms with Crippen LogP contribution in [0.15, 0.2) is 0 Å². The number of nitrogens with one attached hydrogen (secondary N) is 1. The third-order valence-electron chi connectivity index (χ3n) is 3.73. The van der Waals surface area contributed by atoms with E-state index in [-0.39, 0.29) is 18.1 Å². The molecule has 2 rings (SSSR count). The van der Waals surface area contributed by atoms with Crippen molar-refractivity contribution in [1.29, 1.82) is 0 Å². The minimum atomic E-state index is -0.205. The van der Waals surface area contributed by atoms with Crippen molar-refractivity contribution < 1.29 is 9.53 Å². The summed E-state index contributed by atoms with van der Waals surface area (Å²) in [6.45, 7) is 4.78. The molecular weight excluding hydrogens is 214 g/mol. The summed E-state index contributed by atoms with van der Waals surface area (Å²) in [5.41, 5.74) is 0. The molecule has 1 atom stereocenters. The molecular formula is C14H25NO2. The summed E-state index contributed by atoms with van der Waals surface area (Å²) in [7, 11) is 0. The molecule has 3 nitrogen and oxygen atoms in total. The second-order valence-corrected chi connectivity index (χ2v) is 5.96. The maximum absolute atomic E-state index is 12.0. The molecule has 1 N–H and O–H groups in total. The lowest BCUT2D eigenvalue weighted by molar-refractivity contribution is -0.135. The summed E-state index contributed by atoms with van der Waals surface area (Å²) < 4.78 is 5.82. The van der Waals surface area contributed by atoms with Crippen LogP contribution in [-0.2, 0) is 9.53 Å². The molecule has 2 saturated carbocycles. The zero-order valence-corrected chi connectivity index (χ0v) is 11.1. The van der Waals surface area contributed by atoms with Gasteiger partial charge in [0.05, 0.1) is 6.61 Å². The minimum Gasteiger partial charge on any atom is -0.368 e. The van der Waals surface area contributed by atoms with Crippen molar-refractivity contribution in [2.24, 2.45) is 11.8 Å². The van der Waals surface area contributed by atoms with Crippen molar-refractivity contribution in [1.82, 2.24) is 5.32 Å². The number of ether oxygens (including phenoxy) is 1. The van der Waals surface area contributed by atoms with E-state index in [2.05, 4.69) is 5.32 Å². The van der Waals surface area contributed by atoms with Gasteiger partial charge in [-0.05, 0) is 44.9 Å². The zero-order valence-electron chi connectivity index (χ0n) is 11.1. The first-order valence-corrected chi connectivity index (χ1v) is 7.07. The van der Waals surface area contributed by atoms with Gasteiger partial charge in [0, 0.05) is 6.04 Å². The lowest BCUT2D eigenvalue weighted by Gasteiger charge is -2.29. The number of hydrogen-bond donors (Lipinski definition) is 1. The molecule has 0 spiro atoms. The van der Waals surface area contributed by atoms with E-state index in [1.165, 1.54) is 32.1 Å². The predicted octanol–water partition coefficient (Wildman–Crippen LogP) is 2.50. The molecule has 98 valence electrons. The Morgan fingerprint density at radius 1 is 1.24 bits per heavy atom. The molecule has 0 radical (unpaired) electrons. The molecule has 0 bridgehead atoms. The lowest BCUT2D eigenvalue weighted by Crippen LogP contribution is -2.42. The first kappa shape index (κ1) is 12.9. The van der Waals surface area contributed by atoms with E-state index >= 15 is 0 Å². The van der Waals surface area contributed by atoms with E-state index in [1.807, 2.05) is 13.8 Å². The van der Waals surface area contributed by atoms with Crippen molar-refractivity contribution in [3.8, 4) is 0 Å². The standard InChI is InChI=1S/C14H25NO2/c1-10(2)15-14(16)13(8-11-4-3-5-11)17-9-12-6-7-12/h10-13H,3-9H2,1-2H3,(H,15,16). The first-order chi connectivity index (χ1) is 8.15. The van der Waals surface area contributed by atoms with E-state index in [0.717, 1.165) is 24.9 Å². The monoisotopic (exact) mass is 239 g/mol. The van der Waals surface area contributed by atoms with Crippen LogP contribution in [0.5, 0.6) is 0 Å². The van der Waals surface area contributed by atoms with Crippen LogP contribution >= 0.6 is 0 Å². The van der Waals surface area contributed by atoms with E-state index < -0.39 is 0 Å². The number of amides is 1. The maximum Gasteiger partial charge on any atom is 0.249 e. The average Bonchev–Trinajstić information content (AvgIpc) is 2.97. The Kier molecular flexibility index (Phi) is 4.43. The average molecular weight is 239 g/mol. The van der Waals surface area contributed by atoms with Gasteiger partial charge in [0.15, 0.2) is 0 Å². The van der Waals surface area contributed by atoms with Gasteiger partial charge in [-0.15, -0.1) is 0 Å². The Hall–Kier alpha value is -0.570. The van der Waals surface area contributed by atoms with Crippen molar-refractivity contribution in [3.63, 3.8) is 0 Å². The zero-order chi connectivity index (χ0) is 12.3. The summed E-state index contributed by atoms with van der Waals surface area (Å²) >= 11 is 0. The quantitative estimate of drug-likeness (QED) is 0.741. The highest BCUT2D eigenvalue weighted by molar-refractivity contribution is 5.81. The van der Waals surface area contributed by atoms with Crippen LogP contribution in [0.25, 0.3) is 0 Å². The topological polar surface area (TPSA) is 38.3 Å². The predicted molar refractivity (Wildman–Crippen MR) is 67.7 cm³/mol. The van der Waals surface area contributed by atoms with Crippen LogP contribution in [0.1, 0.15) is 52.4 Å². The van der Waals surface area contributed by atoms with Gasteiger partial charge >= 0.3 is 0 Å². The van der Waals surface area contributed by atoms with Gasteiger partial charge in [-0.25, -0.2) is 0 Å². The molecule has 2 fully saturated rings. The van der Waals surface area contributed by atoms with Gasteiger partial charge < -0.3 is 10.1 Å². The Labute approximate surface area is 104 Å². The Morgan fingerprint density at radius 2 is 1.94 bits per heavy atom. The third kappa shape index (κ3) is 4.30. The van der Waals surface area contributed by atoms with Gasteiger partial charge in [0.1, 0.15) is 6.10 Å². The van der Waals surface area contributed by atoms with Crippen molar-refractivity contribution >= 4 is 5.91 Å². The fourth-order valence-electron chi connectivity index (χ4n) is 2.20. The largest absolute Gasteiger partial charge is 0.368 e. The van der Waals surface area contributed by atoms with Crippen LogP contribution in [0, 0.1) is 11.8 Å². The van der Waals surface area contributed by atoms with Crippen LogP contribution < -0.4 is 5.32 Å². The number of carbonyl (C=O) groups is 1. The molecule has 2 aliphatic carbocycles. The molecule has 1 amide bonds. The summed E-state index contributed by atoms with van der Waals surface area (Å²) in [5.74, 6) is 1.54. The Bertz CT molecular complexity index is 257. The van der Waals surface area contributed by atoms with E-state index in [9.17, 15) is 4.79 Å². The van der Waals surface area contributed by atoms with Gasteiger partial charge in [-0.1, -0.05) is 19.3 Å². The highest BCUT2D eigenvalue weighted by atomic mass is 16.5. The molecule has 2 aliphatic rings. The van der Waals surface area contributed by atoms with Crippen molar-refractivity contribution in [2.75, 3.05) is 6.61 Å². The normalized spacial score (nSPS) is 22.3. The van der Waals surface area contributed by atoms with Crippen LogP contribution in [-0.4, -0.2) is 24.7 Å². The molecule has 0 aromatic carbocycles. The Balaban J connectivity index is 1.77. The molecule has 0 aliphatic heterocycles. The van der Waals surface area contributed by atoms with E-state index in [0.29, 0.717) is 0 Å². The number of hydrogen-bond acceptors (Lipinski definition) is 2. The fraction of sp³-hybridized carbons (Fsp3) is 0.929. The second-order valence-electron chi connectivity index (χ2n) is 5.96. The van der Waals surface area contributed by atoms with Crippen LogP contribution in [0.2, 0.25) is 0 Å². The van der Waals surface area contributed by atoms with Gasteiger partial charge in [-0.3, -0.25) is 4.79 Å². The highest BCUT2D eigenvalue weighted by Crippen LogP contribution is 2.33.